The van der Waals surface area contributed by atoms with Crippen LogP contribution in [0, 0.1) is 0 Å². The minimum absolute atomic E-state index is 0.234. The van der Waals surface area contributed by atoms with E-state index in [2.05, 4.69) is 0 Å². The number of hydrogen-bond acceptors (Lipinski definition) is 1. The lowest BCUT2D eigenvalue weighted by Gasteiger charge is -2.30. The van der Waals surface area contributed by atoms with Gasteiger partial charge in [0, 0.05) is 12.0 Å². The standard InChI is InChI=1S/C14H18F3N/c15-14(16,17)9-11-5-1-2-6-12(11)13(10-18)7-3-4-8-13/h1-2,5-6H,3-4,7-10,18H2. The molecule has 1 aromatic rings. The van der Waals surface area contributed by atoms with Crippen molar-refractivity contribution in [1.82, 2.24) is 0 Å². The topological polar surface area (TPSA) is 26.0 Å². The fourth-order valence-corrected chi connectivity index (χ4v) is 3.04. The van der Waals surface area contributed by atoms with Gasteiger partial charge < -0.3 is 5.73 Å². The molecule has 0 amide bonds. The van der Waals surface area contributed by atoms with Crippen molar-refractivity contribution in [1.29, 1.82) is 0 Å². The van der Waals surface area contributed by atoms with Gasteiger partial charge in [0.2, 0.25) is 0 Å². The molecule has 0 heterocycles. The van der Waals surface area contributed by atoms with Crippen LogP contribution in [0.2, 0.25) is 0 Å². The Hall–Kier alpha value is -1.03. The number of nitrogens with two attached hydrogens (primary N) is 1. The third kappa shape index (κ3) is 2.69. The Kier molecular flexibility index (Phi) is 3.66. The van der Waals surface area contributed by atoms with Crippen molar-refractivity contribution in [3.05, 3.63) is 35.4 Å². The van der Waals surface area contributed by atoms with Gasteiger partial charge in [-0.1, -0.05) is 37.1 Å². The maximum absolute atomic E-state index is 12.6. The summed E-state index contributed by atoms with van der Waals surface area (Å²) in [6, 6.07) is 6.88. The van der Waals surface area contributed by atoms with Crippen molar-refractivity contribution in [3.63, 3.8) is 0 Å². The van der Waals surface area contributed by atoms with Crippen molar-refractivity contribution in [2.24, 2.45) is 5.73 Å². The van der Waals surface area contributed by atoms with Crippen molar-refractivity contribution >= 4 is 0 Å². The molecular weight excluding hydrogens is 239 g/mol. The van der Waals surface area contributed by atoms with Crippen LogP contribution in [0.15, 0.2) is 24.3 Å². The molecule has 0 spiro atoms. The first-order chi connectivity index (χ1) is 8.47. The zero-order valence-electron chi connectivity index (χ0n) is 10.3. The molecule has 0 bridgehead atoms. The first-order valence-corrected chi connectivity index (χ1v) is 6.32. The van der Waals surface area contributed by atoms with Crippen LogP contribution >= 0.6 is 0 Å². The molecular formula is C14H18F3N. The van der Waals surface area contributed by atoms with Gasteiger partial charge in [-0.3, -0.25) is 0 Å². The van der Waals surface area contributed by atoms with Gasteiger partial charge in [0.1, 0.15) is 0 Å². The predicted octanol–water partition coefficient (Wildman–Crippen LogP) is 3.56. The van der Waals surface area contributed by atoms with Crippen LogP contribution in [0.1, 0.15) is 36.8 Å². The van der Waals surface area contributed by atoms with E-state index >= 15 is 0 Å². The predicted molar refractivity (Wildman–Crippen MR) is 65.4 cm³/mol. The van der Waals surface area contributed by atoms with Crippen molar-refractivity contribution in [3.8, 4) is 0 Å². The van der Waals surface area contributed by atoms with Gasteiger partial charge >= 0.3 is 6.18 Å². The molecule has 1 aliphatic carbocycles. The van der Waals surface area contributed by atoms with Crippen LogP contribution in [0.4, 0.5) is 13.2 Å². The molecule has 4 heteroatoms. The summed E-state index contributed by atoms with van der Waals surface area (Å²) < 4.78 is 37.8. The van der Waals surface area contributed by atoms with Gasteiger partial charge in [-0.15, -0.1) is 0 Å². The largest absolute Gasteiger partial charge is 0.393 e. The zero-order valence-corrected chi connectivity index (χ0v) is 10.3. The van der Waals surface area contributed by atoms with Gasteiger partial charge in [-0.05, 0) is 24.0 Å². The van der Waals surface area contributed by atoms with Crippen LogP contribution in [0.3, 0.4) is 0 Å². The molecule has 100 valence electrons. The summed E-state index contributed by atoms with van der Waals surface area (Å²) >= 11 is 0. The van der Waals surface area contributed by atoms with E-state index in [-0.39, 0.29) is 5.41 Å². The Labute approximate surface area is 105 Å². The minimum Gasteiger partial charge on any atom is -0.330 e. The van der Waals surface area contributed by atoms with Crippen LogP contribution < -0.4 is 5.73 Å². The second-order valence-electron chi connectivity index (χ2n) is 5.14. The van der Waals surface area contributed by atoms with E-state index < -0.39 is 12.6 Å². The van der Waals surface area contributed by atoms with Crippen LogP contribution in [0.25, 0.3) is 0 Å². The number of hydrogen-bond donors (Lipinski definition) is 1. The average molecular weight is 257 g/mol. The molecule has 0 radical (unpaired) electrons. The van der Waals surface area contributed by atoms with Crippen molar-refractivity contribution in [2.45, 2.75) is 43.7 Å². The van der Waals surface area contributed by atoms with Gasteiger partial charge in [0.15, 0.2) is 0 Å². The average Bonchev–Trinajstić information content (AvgIpc) is 2.77. The third-order valence-corrected chi connectivity index (χ3v) is 3.93. The summed E-state index contributed by atoms with van der Waals surface area (Å²) in [6.07, 6.45) is -1.11. The lowest BCUT2D eigenvalue weighted by Crippen LogP contribution is -2.33. The molecule has 1 saturated carbocycles. The molecule has 1 nitrogen and oxygen atoms in total. The van der Waals surface area contributed by atoms with Gasteiger partial charge in [-0.25, -0.2) is 0 Å². The Bertz CT molecular complexity index is 406. The quantitative estimate of drug-likeness (QED) is 0.880. The molecule has 18 heavy (non-hydrogen) atoms. The zero-order chi connectivity index (χ0) is 13.2. The first kappa shape index (κ1) is 13.4. The van der Waals surface area contributed by atoms with E-state index in [1.165, 1.54) is 0 Å². The van der Waals surface area contributed by atoms with E-state index in [4.69, 9.17) is 5.73 Å². The van der Waals surface area contributed by atoms with Crippen LogP contribution in [0.5, 0.6) is 0 Å². The molecule has 1 aromatic carbocycles. The van der Waals surface area contributed by atoms with Crippen LogP contribution in [-0.4, -0.2) is 12.7 Å². The maximum atomic E-state index is 12.6. The fourth-order valence-electron chi connectivity index (χ4n) is 3.04. The summed E-state index contributed by atoms with van der Waals surface area (Å²) in [7, 11) is 0. The van der Waals surface area contributed by atoms with Crippen molar-refractivity contribution < 1.29 is 13.2 Å². The van der Waals surface area contributed by atoms with E-state index in [1.54, 1.807) is 12.1 Å². The Morgan fingerprint density at radius 2 is 1.72 bits per heavy atom. The van der Waals surface area contributed by atoms with Crippen molar-refractivity contribution in [2.75, 3.05) is 6.54 Å². The number of alkyl halides is 3. The number of halogens is 3. The van der Waals surface area contributed by atoms with E-state index in [9.17, 15) is 13.2 Å². The first-order valence-electron chi connectivity index (χ1n) is 6.32. The van der Waals surface area contributed by atoms with E-state index in [1.807, 2.05) is 12.1 Å². The number of benzene rings is 1. The Morgan fingerprint density at radius 1 is 1.11 bits per heavy atom. The lowest BCUT2D eigenvalue weighted by atomic mass is 9.76. The minimum atomic E-state index is -4.16. The number of rotatable bonds is 3. The summed E-state index contributed by atoms with van der Waals surface area (Å²) in [6.45, 7) is 0.432. The van der Waals surface area contributed by atoms with Gasteiger partial charge in [-0.2, -0.15) is 13.2 Å². The maximum Gasteiger partial charge on any atom is 0.393 e. The highest BCUT2D eigenvalue weighted by atomic mass is 19.4. The highest BCUT2D eigenvalue weighted by Gasteiger charge is 2.38. The molecule has 2 N–H and O–H groups in total. The molecule has 0 atom stereocenters. The Morgan fingerprint density at radius 3 is 2.28 bits per heavy atom. The highest BCUT2D eigenvalue weighted by molar-refractivity contribution is 5.36. The summed E-state index contributed by atoms with van der Waals surface area (Å²) in [5.41, 5.74) is 6.81. The Balaban J connectivity index is 2.37. The van der Waals surface area contributed by atoms with Crippen LogP contribution in [-0.2, 0) is 11.8 Å². The molecule has 0 aromatic heterocycles. The highest BCUT2D eigenvalue weighted by Crippen LogP contribution is 2.42. The molecule has 1 fully saturated rings. The van der Waals surface area contributed by atoms with E-state index in [0.717, 1.165) is 31.2 Å². The fraction of sp³-hybridized carbons (Fsp3) is 0.571. The lowest BCUT2D eigenvalue weighted by molar-refractivity contribution is -0.127. The van der Waals surface area contributed by atoms with Gasteiger partial charge in [0.05, 0.1) is 6.42 Å². The molecule has 2 rings (SSSR count). The molecule has 1 aliphatic rings. The van der Waals surface area contributed by atoms with Gasteiger partial charge in [0.25, 0.3) is 0 Å². The summed E-state index contributed by atoms with van der Waals surface area (Å²) in [5, 5.41) is 0. The molecule has 0 unspecified atom stereocenters. The summed E-state index contributed by atoms with van der Waals surface area (Å²) in [4.78, 5) is 0. The smallest absolute Gasteiger partial charge is 0.330 e. The summed E-state index contributed by atoms with van der Waals surface area (Å²) in [5.74, 6) is 0. The molecule has 0 aliphatic heterocycles. The third-order valence-electron chi connectivity index (χ3n) is 3.93. The SMILES string of the molecule is NCC1(c2ccccc2CC(F)(F)F)CCCC1. The second-order valence-corrected chi connectivity index (χ2v) is 5.14. The second kappa shape index (κ2) is 4.92. The monoisotopic (exact) mass is 257 g/mol. The van der Waals surface area contributed by atoms with E-state index in [0.29, 0.717) is 12.1 Å². The normalized spacial score (nSPS) is 19.1. The molecule has 0 saturated heterocycles.